The predicted octanol–water partition coefficient (Wildman–Crippen LogP) is 1.64. The fourth-order valence-electron chi connectivity index (χ4n) is 0.577. The molecule has 2 heteroatoms. The van der Waals surface area contributed by atoms with Gasteiger partial charge in [0.1, 0.15) is 0 Å². The SMILES string of the molecule is CC(CN)CO[C@H](C)C(C)C. The number of nitrogens with two attached hydrogens (primary N) is 1. The molecule has 0 aromatic heterocycles. The van der Waals surface area contributed by atoms with Crippen LogP contribution in [0.25, 0.3) is 0 Å². The molecule has 0 bridgehead atoms. The molecule has 0 aromatic rings. The summed E-state index contributed by atoms with van der Waals surface area (Å²) in [6, 6.07) is 0. The second-order valence-electron chi connectivity index (χ2n) is 3.62. The number of rotatable bonds is 5. The van der Waals surface area contributed by atoms with Crippen molar-refractivity contribution in [2.45, 2.75) is 33.8 Å². The van der Waals surface area contributed by atoms with Crippen LogP contribution in [0, 0.1) is 11.8 Å². The minimum Gasteiger partial charge on any atom is -0.378 e. The molecule has 0 saturated carbocycles. The van der Waals surface area contributed by atoms with Crippen LogP contribution in [0.4, 0.5) is 0 Å². The van der Waals surface area contributed by atoms with Crippen molar-refractivity contribution >= 4 is 0 Å². The third-order valence-electron chi connectivity index (χ3n) is 1.98. The molecule has 2 N–H and O–H groups in total. The Morgan fingerprint density at radius 1 is 1.18 bits per heavy atom. The van der Waals surface area contributed by atoms with Crippen LogP contribution < -0.4 is 5.73 Å². The van der Waals surface area contributed by atoms with E-state index in [1.165, 1.54) is 0 Å². The Balaban J connectivity index is 3.37. The topological polar surface area (TPSA) is 35.2 Å². The zero-order valence-corrected chi connectivity index (χ0v) is 8.13. The maximum atomic E-state index is 5.58. The Labute approximate surface area is 70.1 Å². The zero-order valence-electron chi connectivity index (χ0n) is 8.13. The van der Waals surface area contributed by atoms with E-state index in [2.05, 4.69) is 27.7 Å². The summed E-state index contributed by atoms with van der Waals surface area (Å²) in [7, 11) is 0. The van der Waals surface area contributed by atoms with Gasteiger partial charge in [-0.05, 0) is 25.3 Å². The minimum atomic E-state index is 0.351. The van der Waals surface area contributed by atoms with Crippen molar-refractivity contribution in [3.63, 3.8) is 0 Å². The maximum Gasteiger partial charge on any atom is 0.0570 e. The molecule has 0 fully saturated rings. The van der Waals surface area contributed by atoms with E-state index in [0.717, 1.165) is 6.61 Å². The van der Waals surface area contributed by atoms with Crippen LogP contribution in [0.5, 0.6) is 0 Å². The Morgan fingerprint density at radius 2 is 1.73 bits per heavy atom. The van der Waals surface area contributed by atoms with Gasteiger partial charge in [-0.2, -0.15) is 0 Å². The number of ether oxygens (including phenoxy) is 1. The second-order valence-corrected chi connectivity index (χ2v) is 3.62. The molecule has 0 saturated heterocycles. The first-order chi connectivity index (χ1) is 5.07. The van der Waals surface area contributed by atoms with E-state index in [1.54, 1.807) is 0 Å². The van der Waals surface area contributed by atoms with Crippen molar-refractivity contribution in [1.82, 2.24) is 0 Å². The van der Waals surface area contributed by atoms with Crippen molar-refractivity contribution in [2.24, 2.45) is 17.6 Å². The molecule has 11 heavy (non-hydrogen) atoms. The van der Waals surface area contributed by atoms with E-state index in [0.29, 0.717) is 24.5 Å². The lowest BCUT2D eigenvalue weighted by Gasteiger charge is -2.18. The highest BCUT2D eigenvalue weighted by Crippen LogP contribution is 2.06. The Morgan fingerprint density at radius 3 is 2.09 bits per heavy atom. The fraction of sp³-hybridized carbons (Fsp3) is 1.00. The largest absolute Gasteiger partial charge is 0.378 e. The molecule has 68 valence electrons. The van der Waals surface area contributed by atoms with Gasteiger partial charge in [-0.15, -0.1) is 0 Å². The lowest BCUT2D eigenvalue weighted by molar-refractivity contribution is 0.0184. The van der Waals surface area contributed by atoms with Crippen molar-refractivity contribution in [3.05, 3.63) is 0 Å². The Bertz CT molecular complexity index is 93.6. The van der Waals surface area contributed by atoms with Crippen LogP contribution >= 0.6 is 0 Å². The van der Waals surface area contributed by atoms with Gasteiger partial charge in [0, 0.05) is 0 Å². The van der Waals surface area contributed by atoms with E-state index >= 15 is 0 Å². The van der Waals surface area contributed by atoms with Gasteiger partial charge in [-0.25, -0.2) is 0 Å². The monoisotopic (exact) mass is 159 g/mol. The molecule has 1 unspecified atom stereocenters. The zero-order chi connectivity index (χ0) is 8.85. The number of hydrogen-bond donors (Lipinski definition) is 1. The van der Waals surface area contributed by atoms with Gasteiger partial charge in [0.25, 0.3) is 0 Å². The van der Waals surface area contributed by atoms with Gasteiger partial charge >= 0.3 is 0 Å². The number of hydrogen-bond acceptors (Lipinski definition) is 2. The molecule has 2 nitrogen and oxygen atoms in total. The molecule has 0 spiro atoms. The average Bonchev–Trinajstić information content (AvgIpc) is 1.99. The van der Waals surface area contributed by atoms with Gasteiger partial charge in [-0.3, -0.25) is 0 Å². The lowest BCUT2D eigenvalue weighted by atomic mass is 10.1. The highest BCUT2D eigenvalue weighted by molar-refractivity contribution is 4.57. The molecule has 0 aromatic carbocycles. The van der Waals surface area contributed by atoms with Crippen LogP contribution in [-0.2, 0) is 4.74 Å². The van der Waals surface area contributed by atoms with E-state index < -0.39 is 0 Å². The minimum absolute atomic E-state index is 0.351. The van der Waals surface area contributed by atoms with Gasteiger partial charge in [0.05, 0.1) is 12.7 Å². The first-order valence-corrected chi connectivity index (χ1v) is 4.39. The molecule has 0 aliphatic heterocycles. The summed E-state index contributed by atoms with van der Waals surface area (Å²) in [4.78, 5) is 0. The van der Waals surface area contributed by atoms with Crippen molar-refractivity contribution in [3.8, 4) is 0 Å². The highest BCUT2D eigenvalue weighted by Gasteiger charge is 2.08. The van der Waals surface area contributed by atoms with E-state index in [1.807, 2.05) is 0 Å². The Hall–Kier alpha value is -0.0800. The van der Waals surface area contributed by atoms with Crippen LogP contribution in [-0.4, -0.2) is 19.3 Å². The summed E-state index contributed by atoms with van der Waals surface area (Å²) >= 11 is 0. The molecule has 0 amide bonds. The van der Waals surface area contributed by atoms with Crippen LogP contribution in [0.3, 0.4) is 0 Å². The normalized spacial score (nSPS) is 16.9. The third kappa shape index (κ3) is 5.22. The van der Waals surface area contributed by atoms with Gasteiger partial charge in [-0.1, -0.05) is 20.8 Å². The predicted molar refractivity (Wildman–Crippen MR) is 48.5 cm³/mol. The van der Waals surface area contributed by atoms with Gasteiger partial charge in [0.2, 0.25) is 0 Å². The van der Waals surface area contributed by atoms with E-state index in [-0.39, 0.29) is 0 Å². The molecule has 0 aliphatic carbocycles. The molecular formula is C9H21NO. The second kappa shape index (κ2) is 5.56. The summed E-state index contributed by atoms with van der Waals surface area (Å²) in [5, 5.41) is 0. The fourth-order valence-corrected chi connectivity index (χ4v) is 0.577. The van der Waals surface area contributed by atoms with Gasteiger partial charge in [0.15, 0.2) is 0 Å². The van der Waals surface area contributed by atoms with Crippen LogP contribution in [0.1, 0.15) is 27.7 Å². The maximum absolute atomic E-state index is 5.58. The summed E-state index contributed by atoms with van der Waals surface area (Å²) < 4.78 is 5.58. The molecule has 0 radical (unpaired) electrons. The Kier molecular flexibility index (Phi) is 5.51. The van der Waals surface area contributed by atoms with Crippen LogP contribution in [0.15, 0.2) is 0 Å². The highest BCUT2D eigenvalue weighted by atomic mass is 16.5. The molecule has 0 rings (SSSR count). The van der Waals surface area contributed by atoms with Gasteiger partial charge < -0.3 is 10.5 Å². The molecule has 0 aliphatic rings. The quantitative estimate of drug-likeness (QED) is 0.662. The smallest absolute Gasteiger partial charge is 0.0570 e. The van der Waals surface area contributed by atoms with Crippen LogP contribution in [0.2, 0.25) is 0 Å². The van der Waals surface area contributed by atoms with E-state index in [4.69, 9.17) is 10.5 Å². The lowest BCUT2D eigenvalue weighted by Crippen LogP contribution is -2.22. The molecule has 2 atom stereocenters. The van der Waals surface area contributed by atoms with Crippen molar-refractivity contribution in [2.75, 3.05) is 13.2 Å². The van der Waals surface area contributed by atoms with Crippen molar-refractivity contribution in [1.29, 1.82) is 0 Å². The molecular weight excluding hydrogens is 138 g/mol. The average molecular weight is 159 g/mol. The first-order valence-electron chi connectivity index (χ1n) is 4.39. The summed E-state index contributed by atoms with van der Waals surface area (Å²) in [5.74, 6) is 1.08. The third-order valence-corrected chi connectivity index (χ3v) is 1.98. The first kappa shape index (κ1) is 10.9. The summed E-state index contributed by atoms with van der Waals surface area (Å²) in [5.41, 5.74) is 5.45. The summed E-state index contributed by atoms with van der Waals surface area (Å²) in [6.45, 7) is 10.0. The molecule has 0 heterocycles. The van der Waals surface area contributed by atoms with Crippen molar-refractivity contribution < 1.29 is 4.74 Å². The standard InChI is InChI=1S/C9H21NO/c1-7(2)9(4)11-6-8(3)5-10/h7-9H,5-6,10H2,1-4H3/t8?,9-/m1/s1. The van der Waals surface area contributed by atoms with E-state index in [9.17, 15) is 0 Å². The summed E-state index contributed by atoms with van der Waals surface area (Å²) in [6.07, 6.45) is 0.351.